The van der Waals surface area contributed by atoms with Gasteiger partial charge in [-0.15, -0.1) is 0 Å². The third kappa shape index (κ3) is 3.87. The van der Waals surface area contributed by atoms with Crippen LogP contribution in [0.2, 0.25) is 0 Å². The molecule has 0 aliphatic carbocycles. The van der Waals surface area contributed by atoms with Crippen molar-refractivity contribution >= 4 is 33.7 Å². The summed E-state index contributed by atoms with van der Waals surface area (Å²) in [5.41, 5.74) is 0.0813. The van der Waals surface area contributed by atoms with Crippen LogP contribution in [0.25, 0.3) is 21.7 Å². The zero-order valence-electron chi connectivity index (χ0n) is 17.2. The number of carbonyl (C=O) groups excluding carboxylic acids is 1. The number of carboxylic acid groups (broad SMARTS) is 1. The van der Waals surface area contributed by atoms with Gasteiger partial charge in [0.25, 0.3) is 0 Å². The first-order chi connectivity index (χ1) is 14.2. The van der Waals surface area contributed by atoms with Crippen LogP contribution >= 0.6 is 0 Å². The number of rotatable bonds is 3. The number of carbonyl (C=O) groups is 2. The molecular formula is C23H24N2O5. The van der Waals surface area contributed by atoms with E-state index in [1.807, 2.05) is 48.5 Å². The minimum Gasteiger partial charge on any atom is -0.480 e. The van der Waals surface area contributed by atoms with E-state index in [9.17, 15) is 14.7 Å². The highest BCUT2D eigenvalue weighted by Crippen LogP contribution is 2.33. The van der Waals surface area contributed by atoms with Crippen molar-refractivity contribution in [2.75, 3.05) is 6.54 Å². The van der Waals surface area contributed by atoms with E-state index in [1.54, 1.807) is 20.8 Å². The molecule has 7 nitrogen and oxygen atoms in total. The summed E-state index contributed by atoms with van der Waals surface area (Å²) in [4.78, 5) is 30.2. The van der Waals surface area contributed by atoms with E-state index < -0.39 is 29.8 Å². The number of hydrogen-bond donors (Lipinski definition) is 1. The molecule has 0 saturated carbocycles. The van der Waals surface area contributed by atoms with Crippen LogP contribution in [0, 0.1) is 0 Å². The molecule has 0 spiro atoms. The van der Waals surface area contributed by atoms with Crippen molar-refractivity contribution in [1.29, 1.82) is 0 Å². The Morgan fingerprint density at radius 2 is 1.67 bits per heavy atom. The van der Waals surface area contributed by atoms with Crippen molar-refractivity contribution in [3.63, 3.8) is 0 Å². The van der Waals surface area contributed by atoms with Crippen molar-refractivity contribution in [3.8, 4) is 5.88 Å². The third-order valence-electron chi connectivity index (χ3n) is 5.03. The molecule has 3 aromatic rings. The number of para-hydroxylation sites is 1. The second-order valence-electron chi connectivity index (χ2n) is 8.44. The van der Waals surface area contributed by atoms with Crippen LogP contribution in [-0.4, -0.2) is 51.3 Å². The highest BCUT2D eigenvalue weighted by molar-refractivity contribution is 6.07. The summed E-state index contributed by atoms with van der Waals surface area (Å²) < 4.78 is 11.5. The molecule has 1 fully saturated rings. The van der Waals surface area contributed by atoms with Gasteiger partial charge in [-0.05, 0) is 38.3 Å². The van der Waals surface area contributed by atoms with Gasteiger partial charge >= 0.3 is 12.1 Å². The number of aliphatic carboxylic acids is 1. The lowest BCUT2D eigenvalue weighted by molar-refractivity contribution is -0.142. The van der Waals surface area contributed by atoms with Gasteiger partial charge in [-0.25, -0.2) is 14.6 Å². The lowest BCUT2D eigenvalue weighted by Crippen LogP contribution is -2.43. The first-order valence-corrected chi connectivity index (χ1v) is 9.89. The van der Waals surface area contributed by atoms with Crippen molar-refractivity contribution in [2.24, 2.45) is 0 Å². The number of nitrogens with zero attached hydrogens (tertiary/aromatic N) is 2. The lowest BCUT2D eigenvalue weighted by Gasteiger charge is -2.26. The van der Waals surface area contributed by atoms with Crippen LogP contribution < -0.4 is 4.74 Å². The molecule has 1 saturated heterocycles. The Balaban J connectivity index is 1.65. The fraction of sp³-hybridized carbons (Fsp3) is 0.348. The van der Waals surface area contributed by atoms with Gasteiger partial charge in [-0.1, -0.05) is 36.4 Å². The molecule has 156 valence electrons. The molecule has 0 bridgehead atoms. The van der Waals surface area contributed by atoms with Crippen molar-refractivity contribution < 1.29 is 24.2 Å². The monoisotopic (exact) mass is 408 g/mol. The van der Waals surface area contributed by atoms with E-state index in [1.165, 1.54) is 4.90 Å². The standard InChI is InChI=1S/C23H24N2O5/c1-23(2,3)30-22(28)25-13-14(12-19(25)21(26)27)29-20-17-10-5-4-8-15(17)16-9-6-7-11-18(16)24-20/h4-11,14,19H,12-13H2,1-3H3,(H,26,27). The Morgan fingerprint density at radius 3 is 2.33 bits per heavy atom. The summed E-state index contributed by atoms with van der Waals surface area (Å²) in [6.07, 6.45) is -0.995. The van der Waals surface area contributed by atoms with Crippen molar-refractivity contribution in [2.45, 2.75) is 44.9 Å². The number of amides is 1. The Hall–Kier alpha value is -3.35. The van der Waals surface area contributed by atoms with Gasteiger partial charge in [0.15, 0.2) is 0 Å². The lowest BCUT2D eigenvalue weighted by atomic mass is 10.1. The fourth-order valence-electron chi connectivity index (χ4n) is 3.76. The minimum atomic E-state index is -1.08. The number of likely N-dealkylation sites (tertiary alicyclic amines) is 1. The number of fused-ring (bicyclic) bond motifs is 3. The average molecular weight is 408 g/mol. The van der Waals surface area contributed by atoms with Gasteiger partial charge in [0.2, 0.25) is 5.88 Å². The summed E-state index contributed by atoms with van der Waals surface area (Å²) in [6.45, 7) is 5.36. The minimum absolute atomic E-state index is 0.120. The predicted octanol–water partition coefficient (Wildman–Crippen LogP) is 4.23. The summed E-state index contributed by atoms with van der Waals surface area (Å²) in [6, 6.07) is 14.6. The molecule has 0 radical (unpaired) electrons. The van der Waals surface area contributed by atoms with Crippen LogP contribution in [-0.2, 0) is 9.53 Å². The molecule has 4 rings (SSSR count). The first kappa shape index (κ1) is 19.9. The zero-order valence-corrected chi connectivity index (χ0v) is 17.2. The fourth-order valence-corrected chi connectivity index (χ4v) is 3.76. The summed E-state index contributed by atoms with van der Waals surface area (Å²) in [5.74, 6) is -0.646. The molecule has 1 aliphatic heterocycles. The number of hydrogen-bond acceptors (Lipinski definition) is 5. The smallest absolute Gasteiger partial charge is 0.411 e. The van der Waals surface area contributed by atoms with Gasteiger partial charge in [0.1, 0.15) is 17.7 Å². The summed E-state index contributed by atoms with van der Waals surface area (Å²) in [5, 5.41) is 12.5. The number of ether oxygens (including phenoxy) is 2. The zero-order chi connectivity index (χ0) is 21.5. The first-order valence-electron chi connectivity index (χ1n) is 9.89. The largest absolute Gasteiger partial charge is 0.480 e. The Bertz CT molecular complexity index is 1120. The second-order valence-corrected chi connectivity index (χ2v) is 8.44. The van der Waals surface area contributed by atoms with Crippen LogP contribution in [0.5, 0.6) is 5.88 Å². The summed E-state index contributed by atoms with van der Waals surface area (Å²) >= 11 is 0. The average Bonchev–Trinajstić information content (AvgIpc) is 3.11. The van der Waals surface area contributed by atoms with Crippen LogP contribution in [0.15, 0.2) is 48.5 Å². The quantitative estimate of drug-likeness (QED) is 0.653. The van der Waals surface area contributed by atoms with Crippen LogP contribution in [0.4, 0.5) is 4.79 Å². The molecule has 7 heteroatoms. The highest BCUT2D eigenvalue weighted by atomic mass is 16.6. The van der Waals surface area contributed by atoms with E-state index in [-0.39, 0.29) is 13.0 Å². The van der Waals surface area contributed by atoms with E-state index in [0.29, 0.717) is 5.88 Å². The summed E-state index contributed by atoms with van der Waals surface area (Å²) in [7, 11) is 0. The topological polar surface area (TPSA) is 89.0 Å². The third-order valence-corrected chi connectivity index (χ3v) is 5.03. The van der Waals surface area contributed by atoms with Gasteiger partial charge in [0, 0.05) is 17.2 Å². The molecule has 2 atom stereocenters. The maximum atomic E-state index is 12.5. The maximum Gasteiger partial charge on any atom is 0.411 e. The SMILES string of the molecule is CC(C)(C)OC(=O)N1CC(Oc2nc3ccccc3c3ccccc23)CC1C(=O)O. The number of benzene rings is 2. The van der Waals surface area contributed by atoms with Crippen molar-refractivity contribution in [3.05, 3.63) is 48.5 Å². The molecule has 30 heavy (non-hydrogen) atoms. The molecular weight excluding hydrogens is 384 g/mol. The highest BCUT2D eigenvalue weighted by Gasteiger charge is 2.43. The van der Waals surface area contributed by atoms with E-state index in [2.05, 4.69) is 4.98 Å². The van der Waals surface area contributed by atoms with Crippen LogP contribution in [0.3, 0.4) is 0 Å². The van der Waals surface area contributed by atoms with E-state index in [0.717, 1.165) is 21.7 Å². The predicted molar refractivity (Wildman–Crippen MR) is 113 cm³/mol. The molecule has 1 aliphatic rings. The molecule has 1 N–H and O–H groups in total. The Labute approximate surface area is 174 Å². The maximum absolute atomic E-state index is 12.5. The van der Waals surface area contributed by atoms with Crippen molar-refractivity contribution in [1.82, 2.24) is 9.88 Å². The molecule has 2 aromatic carbocycles. The van der Waals surface area contributed by atoms with E-state index >= 15 is 0 Å². The van der Waals surface area contributed by atoms with Gasteiger partial charge in [-0.3, -0.25) is 4.90 Å². The normalized spacial score (nSPS) is 19.2. The van der Waals surface area contributed by atoms with E-state index in [4.69, 9.17) is 9.47 Å². The Kier molecular flexibility index (Phi) is 4.97. The van der Waals surface area contributed by atoms with Gasteiger partial charge in [0.05, 0.1) is 12.1 Å². The number of carboxylic acids is 1. The molecule has 2 heterocycles. The van der Waals surface area contributed by atoms with Gasteiger partial charge < -0.3 is 14.6 Å². The molecule has 2 unspecified atom stereocenters. The number of pyridine rings is 1. The van der Waals surface area contributed by atoms with Crippen LogP contribution in [0.1, 0.15) is 27.2 Å². The number of aromatic nitrogens is 1. The van der Waals surface area contributed by atoms with Gasteiger partial charge in [-0.2, -0.15) is 0 Å². The molecule has 1 amide bonds. The molecule has 1 aromatic heterocycles. The second kappa shape index (κ2) is 7.48. The Morgan fingerprint density at radius 1 is 1.03 bits per heavy atom.